The van der Waals surface area contributed by atoms with E-state index in [0.717, 1.165) is 25.3 Å². The van der Waals surface area contributed by atoms with Crippen molar-refractivity contribution in [2.45, 2.75) is 50.9 Å². The molecule has 1 atom stereocenters. The average molecular weight is 515 g/mol. The van der Waals surface area contributed by atoms with Gasteiger partial charge in [-0.25, -0.2) is 18.0 Å². The van der Waals surface area contributed by atoms with Gasteiger partial charge in [0.25, 0.3) is 6.43 Å². The Balaban J connectivity index is 1.67. The molecule has 1 heterocycles. The molecule has 0 bridgehead atoms. The Hall–Kier alpha value is -3.57. The molecule has 36 heavy (non-hydrogen) atoms. The number of fused-ring (bicyclic) bond motifs is 1. The van der Waals surface area contributed by atoms with Gasteiger partial charge in [-0.3, -0.25) is 5.32 Å². The molecule has 194 valence electrons. The van der Waals surface area contributed by atoms with Crippen molar-refractivity contribution >= 4 is 28.4 Å². The molecule has 1 aliphatic carbocycles. The summed E-state index contributed by atoms with van der Waals surface area (Å²) in [5.41, 5.74) is 7.91. The molecule has 1 unspecified atom stereocenters. The molecule has 4 rings (SSSR count). The van der Waals surface area contributed by atoms with E-state index in [0.29, 0.717) is 34.8 Å². The van der Waals surface area contributed by atoms with E-state index in [-0.39, 0.29) is 17.5 Å². The Bertz CT molecular complexity index is 1270. The number of carbonyl (C=O) groups is 1. The lowest BCUT2D eigenvalue weighted by atomic mass is 9.92. The number of carbonyl (C=O) groups excluding carboxylic acids is 1. The fourth-order valence-corrected chi connectivity index (χ4v) is 4.01. The van der Waals surface area contributed by atoms with Crippen molar-refractivity contribution in [1.82, 2.24) is 4.57 Å². The topological polar surface area (TPSA) is 78.5 Å². The van der Waals surface area contributed by atoms with Crippen LogP contribution in [0.5, 0.6) is 5.75 Å². The molecule has 0 aliphatic heterocycles. The first kappa shape index (κ1) is 25.5. The van der Waals surface area contributed by atoms with Gasteiger partial charge in [-0.15, -0.1) is 0 Å². The second kappa shape index (κ2) is 9.82. The van der Waals surface area contributed by atoms with Gasteiger partial charge in [0, 0.05) is 23.1 Å². The van der Waals surface area contributed by atoms with Crippen LogP contribution in [0.3, 0.4) is 0 Å². The molecule has 1 fully saturated rings. The molecule has 2 aromatic carbocycles. The van der Waals surface area contributed by atoms with Crippen LogP contribution < -0.4 is 15.8 Å². The molecule has 0 radical (unpaired) electrons. The number of hydrogen-bond donors (Lipinski definition) is 2. The van der Waals surface area contributed by atoms with E-state index in [1.165, 1.54) is 18.2 Å². The summed E-state index contributed by atoms with van der Waals surface area (Å²) in [6.45, 7) is -0.104. The predicted molar refractivity (Wildman–Crippen MR) is 122 cm³/mol. The number of nitrogen functional groups attached to an aromatic ring is 1. The van der Waals surface area contributed by atoms with E-state index >= 15 is 0 Å². The van der Waals surface area contributed by atoms with Crippen LogP contribution >= 0.6 is 0 Å². The van der Waals surface area contributed by atoms with Gasteiger partial charge in [0.05, 0.1) is 22.6 Å². The molecule has 1 saturated carbocycles. The first-order valence-corrected chi connectivity index (χ1v) is 11.1. The number of nitrogens with two attached hydrogens (primary N) is 1. The summed E-state index contributed by atoms with van der Waals surface area (Å²) in [6.07, 6.45) is -8.56. The van der Waals surface area contributed by atoms with E-state index < -0.39 is 37.2 Å². The lowest BCUT2D eigenvalue weighted by Gasteiger charge is -2.30. The van der Waals surface area contributed by atoms with Crippen molar-refractivity contribution in [3.63, 3.8) is 0 Å². The van der Waals surface area contributed by atoms with Crippen molar-refractivity contribution in [2.75, 3.05) is 17.7 Å². The van der Waals surface area contributed by atoms with Crippen LogP contribution in [-0.4, -0.2) is 36.0 Å². The lowest BCUT2D eigenvalue weighted by Crippen LogP contribution is -2.32. The number of rotatable bonds is 7. The number of halogens is 6. The molecular weight excluding hydrogens is 492 g/mol. The maximum absolute atomic E-state index is 14.9. The summed E-state index contributed by atoms with van der Waals surface area (Å²) in [5, 5.41) is 2.60. The maximum atomic E-state index is 14.9. The zero-order valence-corrected chi connectivity index (χ0v) is 19.0. The first-order valence-electron chi connectivity index (χ1n) is 11.1. The minimum absolute atomic E-state index is 0.0462. The highest BCUT2D eigenvalue weighted by atomic mass is 19.4. The molecule has 1 aliphatic rings. The normalized spacial score (nSPS) is 15.1. The molecule has 12 heteroatoms. The standard InChI is InChI=1S/C24H23F6N3O3/c1-12(24(28,29)30)36-23(34)32-18-8-5-13(9-17(18)25)22-21(31)16-7-6-15(35-11-20(26)27)10-19(16)33(22)14-3-2-4-14/h5-10,12,14,20H,2-4,11,31H2,1H3,(H,32,34). The van der Waals surface area contributed by atoms with Crippen molar-refractivity contribution in [2.24, 2.45) is 0 Å². The molecule has 3 N–H and O–H groups in total. The van der Waals surface area contributed by atoms with Crippen molar-refractivity contribution < 1.29 is 40.6 Å². The molecule has 0 spiro atoms. The second-order valence-electron chi connectivity index (χ2n) is 8.51. The number of nitrogens with zero attached hydrogens (tertiary/aromatic N) is 1. The van der Waals surface area contributed by atoms with Crippen LogP contribution in [0.2, 0.25) is 0 Å². The summed E-state index contributed by atoms with van der Waals surface area (Å²) in [6, 6.07) is 8.61. The third kappa shape index (κ3) is 5.17. The second-order valence-corrected chi connectivity index (χ2v) is 8.51. The number of ether oxygens (including phenoxy) is 2. The average Bonchev–Trinajstić information content (AvgIpc) is 3.03. The highest BCUT2D eigenvalue weighted by molar-refractivity contribution is 6.01. The van der Waals surface area contributed by atoms with Crippen LogP contribution in [0.25, 0.3) is 22.2 Å². The van der Waals surface area contributed by atoms with Gasteiger partial charge < -0.3 is 19.8 Å². The van der Waals surface area contributed by atoms with Crippen molar-refractivity contribution in [3.05, 3.63) is 42.2 Å². The molecule has 3 aromatic rings. The monoisotopic (exact) mass is 515 g/mol. The van der Waals surface area contributed by atoms with Gasteiger partial charge in [0.1, 0.15) is 18.2 Å². The zero-order chi connectivity index (χ0) is 26.2. The molecule has 1 amide bonds. The smallest absolute Gasteiger partial charge is 0.425 e. The number of anilines is 2. The Labute approximate surface area is 202 Å². The Morgan fingerprint density at radius 2 is 1.92 bits per heavy atom. The lowest BCUT2D eigenvalue weighted by molar-refractivity contribution is -0.196. The predicted octanol–water partition coefficient (Wildman–Crippen LogP) is 6.90. The summed E-state index contributed by atoms with van der Waals surface area (Å²) >= 11 is 0. The van der Waals surface area contributed by atoms with E-state index in [1.54, 1.807) is 12.1 Å². The Morgan fingerprint density at radius 1 is 1.19 bits per heavy atom. The minimum Gasteiger partial charge on any atom is -0.488 e. The van der Waals surface area contributed by atoms with Gasteiger partial charge in [0.15, 0.2) is 6.10 Å². The number of benzene rings is 2. The van der Waals surface area contributed by atoms with Crippen molar-refractivity contribution in [1.29, 1.82) is 0 Å². The van der Waals surface area contributed by atoms with Gasteiger partial charge in [-0.1, -0.05) is 6.07 Å². The quantitative estimate of drug-likeness (QED) is 0.336. The summed E-state index contributed by atoms with van der Waals surface area (Å²) in [5.74, 6) is -0.667. The Morgan fingerprint density at radius 3 is 2.50 bits per heavy atom. The number of amides is 1. The largest absolute Gasteiger partial charge is 0.488 e. The highest BCUT2D eigenvalue weighted by Crippen LogP contribution is 2.45. The number of aromatic nitrogens is 1. The Kier molecular flexibility index (Phi) is 6.96. The van der Waals surface area contributed by atoms with Gasteiger partial charge in [0.2, 0.25) is 0 Å². The fraction of sp³-hybridized carbons (Fsp3) is 0.375. The van der Waals surface area contributed by atoms with E-state index in [4.69, 9.17) is 10.5 Å². The number of nitrogens with one attached hydrogen (secondary N) is 1. The van der Waals surface area contributed by atoms with Crippen molar-refractivity contribution in [3.8, 4) is 17.0 Å². The fourth-order valence-electron chi connectivity index (χ4n) is 4.01. The van der Waals surface area contributed by atoms with E-state index in [2.05, 4.69) is 4.74 Å². The maximum Gasteiger partial charge on any atom is 0.425 e. The SMILES string of the molecule is CC(OC(=O)Nc1ccc(-c2c(N)c3ccc(OCC(F)F)cc3n2C2CCC2)cc1F)C(F)(F)F. The third-order valence-electron chi connectivity index (χ3n) is 6.05. The van der Waals surface area contributed by atoms with Crippen LogP contribution in [-0.2, 0) is 4.74 Å². The number of alkyl halides is 5. The summed E-state index contributed by atoms with van der Waals surface area (Å²) < 4.78 is 89.2. The zero-order valence-electron chi connectivity index (χ0n) is 19.0. The molecule has 1 aromatic heterocycles. The van der Waals surface area contributed by atoms with E-state index in [9.17, 15) is 31.1 Å². The third-order valence-corrected chi connectivity index (χ3v) is 6.05. The molecular formula is C24H23F6N3O3. The number of hydrogen-bond acceptors (Lipinski definition) is 4. The van der Waals surface area contributed by atoms with Crippen LogP contribution in [0.15, 0.2) is 36.4 Å². The summed E-state index contributed by atoms with van der Waals surface area (Å²) in [4.78, 5) is 11.8. The summed E-state index contributed by atoms with van der Waals surface area (Å²) in [7, 11) is 0. The van der Waals surface area contributed by atoms with Crippen LogP contribution in [0.1, 0.15) is 32.2 Å². The first-order chi connectivity index (χ1) is 17.0. The van der Waals surface area contributed by atoms with Gasteiger partial charge in [-0.05, 0) is 50.5 Å². The molecule has 6 nitrogen and oxygen atoms in total. The highest BCUT2D eigenvalue weighted by Gasteiger charge is 2.39. The van der Waals surface area contributed by atoms with Crippen LogP contribution in [0.4, 0.5) is 42.5 Å². The van der Waals surface area contributed by atoms with Gasteiger partial charge >= 0.3 is 12.3 Å². The minimum atomic E-state index is -4.75. The van der Waals surface area contributed by atoms with Crippen LogP contribution in [0, 0.1) is 5.82 Å². The molecule has 0 saturated heterocycles. The van der Waals surface area contributed by atoms with Gasteiger partial charge in [-0.2, -0.15) is 13.2 Å². The van der Waals surface area contributed by atoms with E-state index in [1.807, 2.05) is 9.88 Å².